The highest BCUT2D eigenvalue weighted by atomic mass is 32.2. The van der Waals surface area contributed by atoms with Gasteiger partial charge in [-0.25, -0.2) is 18.4 Å². The summed E-state index contributed by atoms with van der Waals surface area (Å²) < 4.78 is 32.2. The second-order valence-electron chi connectivity index (χ2n) is 5.85. The number of ether oxygens (including phenoxy) is 1. The predicted octanol–water partition coefficient (Wildman–Crippen LogP) is 2.41. The minimum Gasteiger partial charge on any atom is -0.379 e. The first kappa shape index (κ1) is 18.3. The molecule has 3 rings (SSSR count). The molecule has 0 amide bonds. The molecule has 0 spiro atoms. The first-order chi connectivity index (χ1) is 11.9. The number of benzene rings is 1. The Labute approximate surface area is 152 Å². The number of thioether (sulfide) groups is 1. The normalized spacial score (nSPS) is 16.1. The zero-order valence-corrected chi connectivity index (χ0v) is 15.9. The molecule has 1 aromatic heterocycles. The van der Waals surface area contributed by atoms with Crippen molar-refractivity contribution in [3.63, 3.8) is 0 Å². The summed E-state index contributed by atoms with van der Waals surface area (Å²) in [5, 5.41) is 0.895. The van der Waals surface area contributed by atoms with Crippen molar-refractivity contribution in [2.45, 2.75) is 29.5 Å². The molecule has 0 bridgehead atoms. The standard InChI is InChI=1S/C17H21N3O3S2/c1-13-10-17(19-14(2)18-13)24-12-15-4-3-5-16(11-15)25(21,22)20-6-8-23-9-7-20/h3-5,10-11H,6-9,12H2,1-2H3. The number of sulfonamides is 1. The molecule has 25 heavy (non-hydrogen) atoms. The summed E-state index contributed by atoms with van der Waals surface area (Å²) in [5.41, 5.74) is 1.88. The Bertz CT molecular complexity index is 830. The fraction of sp³-hybridized carbons (Fsp3) is 0.412. The van der Waals surface area contributed by atoms with Crippen LogP contribution in [0.4, 0.5) is 0 Å². The minimum atomic E-state index is -3.46. The summed E-state index contributed by atoms with van der Waals surface area (Å²) in [5.74, 6) is 1.40. The van der Waals surface area contributed by atoms with Gasteiger partial charge in [-0.3, -0.25) is 0 Å². The maximum atomic E-state index is 12.7. The van der Waals surface area contributed by atoms with Crippen molar-refractivity contribution in [3.05, 3.63) is 47.4 Å². The predicted molar refractivity (Wildman–Crippen MR) is 97.1 cm³/mol. The van der Waals surface area contributed by atoms with Crippen LogP contribution >= 0.6 is 11.8 Å². The van der Waals surface area contributed by atoms with Crippen molar-refractivity contribution in [2.75, 3.05) is 26.3 Å². The zero-order valence-electron chi connectivity index (χ0n) is 14.3. The van der Waals surface area contributed by atoms with Gasteiger partial charge in [-0.1, -0.05) is 12.1 Å². The van der Waals surface area contributed by atoms with Gasteiger partial charge in [0.2, 0.25) is 10.0 Å². The summed E-state index contributed by atoms with van der Waals surface area (Å²) in [6.07, 6.45) is 0. The molecule has 1 saturated heterocycles. The van der Waals surface area contributed by atoms with E-state index in [0.717, 1.165) is 22.1 Å². The molecule has 2 heterocycles. The molecule has 0 unspecified atom stereocenters. The van der Waals surface area contributed by atoms with Gasteiger partial charge in [0, 0.05) is 24.5 Å². The maximum absolute atomic E-state index is 12.7. The minimum absolute atomic E-state index is 0.336. The van der Waals surface area contributed by atoms with Crippen molar-refractivity contribution in [1.29, 1.82) is 0 Å². The smallest absolute Gasteiger partial charge is 0.243 e. The third-order valence-electron chi connectivity index (χ3n) is 3.84. The van der Waals surface area contributed by atoms with Crippen LogP contribution in [0.1, 0.15) is 17.1 Å². The number of aromatic nitrogens is 2. The first-order valence-corrected chi connectivity index (χ1v) is 10.5. The van der Waals surface area contributed by atoms with Crippen molar-refractivity contribution in [2.24, 2.45) is 0 Å². The summed E-state index contributed by atoms with van der Waals surface area (Å²) in [6, 6.07) is 9.06. The Morgan fingerprint density at radius 1 is 1.16 bits per heavy atom. The van der Waals surface area contributed by atoms with E-state index in [9.17, 15) is 8.42 Å². The van der Waals surface area contributed by atoms with Gasteiger partial charge < -0.3 is 4.74 Å². The van der Waals surface area contributed by atoms with Crippen LogP contribution in [-0.4, -0.2) is 49.0 Å². The monoisotopic (exact) mass is 379 g/mol. The molecule has 1 aliphatic rings. The van der Waals surface area contributed by atoms with Gasteiger partial charge in [0.15, 0.2) is 0 Å². The molecule has 6 nitrogen and oxygen atoms in total. The number of rotatable bonds is 5. The second-order valence-corrected chi connectivity index (χ2v) is 8.78. The Kier molecular flexibility index (Phi) is 5.73. The van der Waals surface area contributed by atoms with E-state index in [1.165, 1.54) is 4.31 Å². The number of hydrogen-bond donors (Lipinski definition) is 0. The van der Waals surface area contributed by atoms with Crippen LogP contribution in [0.25, 0.3) is 0 Å². The van der Waals surface area contributed by atoms with Crippen LogP contribution in [0.2, 0.25) is 0 Å². The molecular weight excluding hydrogens is 358 g/mol. The molecule has 0 N–H and O–H groups in total. The van der Waals surface area contributed by atoms with Crippen LogP contribution in [0.15, 0.2) is 40.3 Å². The number of aryl methyl sites for hydroxylation is 2. The van der Waals surface area contributed by atoms with Crippen LogP contribution in [0.5, 0.6) is 0 Å². The first-order valence-electron chi connectivity index (χ1n) is 8.07. The molecule has 0 saturated carbocycles. The largest absolute Gasteiger partial charge is 0.379 e. The molecule has 1 aromatic carbocycles. The SMILES string of the molecule is Cc1cc(SCc2cccc(S(=O)(=O)N3CCOCC3)c2)nc(C)n1. The van der Waals surface area contributed by atoms with Gasteiger partial charge in [-0.2, -0.15) is 4.31 Å². The van der Waals surface area contributed by atoms with Gasteiger partial charge in [0.25, 0.3) is 0 Å². The molecule has 134 valence electrons. The van der Waals surface area contributed by atoms with Gasteiger partial charge in [-0.15, -0.1) is 11.8 Å². The number of hydrogen-bond acceptors (Lipinski definition) is 6. The van der Waals surface area contributed by atoms with Gasteiger partial charge in [0.05, 0.1) is 18.1 Å². The van der Waals surface area contributed by atoms with E-state index in [2.05, 4.69) is 9.97 Å². The van der Waals surface area contributed by atoms with Gasteiger partial charge in [0.1, 0.15) is 10.9 Å². The molecule has 8 heteroatoms. The Morgan fingerprint density at radius 3 is 2.64 bits per heavy atom. The summed E-state index contributed by atoms with van der Waals surface area (Å²) in [4.78, 5) is 9.01. The molecule has 0 radical (unpaired) electrons. The zero-order chi connectivity index (χ0) is 17.9. The van der Waals surface area contributed by atoms with Crippen LogP contribution in [0.3, 0.4) is 0 Å². The molecule has 1 aliphatic heterocycles. The second kappa shape index (κ2) is 7.82. The van der Waals surface area contributed by atoms with Crippen molar-refractivity contribution in [3.8, 4) is 0 Å². The third kappa shape index (κ3) is 4.58. The Hall–Kier alpha value is -1.48. The van der Waals surface area contributed by atoms with E-state index in [1.807, 2.05) is 26.0 Å². The van der Waals surface area contributed by atoms with Gasteiger partial charge in [-0.05, 0) is 37.6 Å². The fourth-order valence-electron chi connectivity index (χ4n) is 2.65. The molecule has 0 atom stereocenters. The quantitative estimate of drug-likeness (QED) is 0.587. The lowest BCUT2D eigenvalue weighted by atomic mass is 10.2. The van der Waals surface area contributed by atoms with E-state index in [1.54, 1.807) is 30.0 Å². The van der Waals surface area contributed by atoms with Crippen LogP contribution in [0, 0.1) is 13.8 Å². The third-order valence-corrected chi connectivity index (χ3v) is 6.71. The number of morpholine rings is 1. The highest BCUT2D eigenvalue weighted by molar-refractivity contribution is 7.98. The van der Waals surface area contributed by atoms with Gasteiger partial charge >= 0.3 is 0 Å². The van der Waals surface area contributed by atoms with E-state index in [4.69, 9.17) is 4.74 Å². The van der Waals surface area contributed by atoms with Crippen LogP contribution < -0.4 is 0 Å². The summed E-state index contributed by atoms with van der Waals surface area (Å²) in [6.45, 7) is 5.50. The summed E-state index contributed by atoms with van der Waals surface area (Å²) in [7, 11) is -3.46. The lowest BCUT2D eigenvalue weighted by Gasteiger charge is -2.26. The van der Waals surface area contributed by atoms with Crippen molar-refractivity contribution >= 4 is 21.8 Å². The van der Waals surface area contributed by atoms with Crippen molar-refractivity contribution in [1.82, 2.24) is 14.3 Å². The molecular formula is C17H21N3O3S2. The number of nitrogens with zero attached hydrogens (tertiary/aromatic N) is 3. The summed E-state index contributed by atoms with van der Waals surface area (Å²) >= 11 is 1.58. The lowest BCUT2D eigenvalue weighted by molar-refractivity contribution is 0.0730. The van der Waals surface area contributed by atoms with E-state index in [0.29, 0.717) is 37.0 Å². The van der Waals surface area contributed by atoms with E-state index < -0.39 is 10.0 Å². The lowest BCUT2D eigenvalue weighted by Crippen LogP contribution is -2.40. The molecule has 2 aromatic rings. The average molecular weight is 380 g/mol. The fourth-order valence-corrected chi connectivity index (χ4v) is 5.07. The van der Waals surface area contributed by atoms with Crippen LogP contribution in [-0.2, 0) is 20.5 Å². The molecule has 0 aliphatic carbocycles. The highest BCUT2D eigenvalue weighted by Crippen LogP contribution is 2.24. The topological polar surface area (TPSA) is 72.4 Å². The Morgan fingerprint density at radius 2 is 1.92 bits per heavy atom. The highest BCUT2D eigenvalue weighted by Gasteiger charge is 2.26. The Balaban J connectivity index is 1.75. The van der Waals surface area contributed by atoms with Crippen molar-refractivity contribution < 1.29 is 13.2 Å². The van der Waals surface area contributed by atoms with E-state index >= 15 is 0 Å². The average Bonchev–Trinajstić information content (AvgIpc) is 2.60. The van der Waals surface area contributed by atoms with E-state index in [-0.39, 0.29) is 0 Å². The molecule has 1 fully saturated rings. The maximum Gasteiger partial charge on any atom is 0.243 e.